The SMILES string of the molecule is Cc1nc(C)c([C@H](OC(C)(C)C)C(=O)O)c(N2CCC(C)(C)CC2)c1-c1ccc(OCCc2ccc(F)c(F)c2)cc1. The Kier molecular flexibility index (Phi) is 9.26. The maximum Gasteiger partial charge on any atom is 0.337 e. The van der Waals surface area contributed by atoms with Crippen molar-refractivity contribution in [2.45, 2.75) is 79.4 Å². The minimum Gasteiger partial charge on any atom is -0.493 e. The zero-order valence-corrected chi connectivity index (χ0v) is 25.7. The van der Waals surface area contributed by atoms with Gasteiger partial charge in [-0.15, -0.1) is 0 Å². The van der Waals surface area contributed by atoms with Crippen molar-refractivity contribution in [1.82, 2.24) is 4.98 Å². The number of pyridine rings is 1. The molecule has 0 saturated carbocycles. The molecule has 1 saturated heterocycles. The number of aryl methyl sites for hydroxylation is 2. The van der Waals surface area contributed by atoms with E-state index in [9.17, 15) is 18.7 Å². The van der Waals surface area contributed by atoms with Gasteiger partial charge in [0.2, 0.25) is 0 Å². The van der Waals surface area contributed by atoms with E-state index in [2.05, 4.69) is 18.7 Å². The maximum absolute atomic E-state index is 13.5. The van der Waals surface area contributed by atoms with Crippen LogP contribution in [-0.4, -0.2) is 41.4 Å². The number of nitrogens with zero attached hydrogens (tertiary/aromatic N) is 2. The number of carboxylic acid groups (broad SMARTS) is 1. The highest BCUT2D eigenvalue weighted by molar-refractivity contribution is 5.88. The minimum absolute atomic E-state index is 0.209. The van der Waals surface area contributed by atoms with Gasteiger partial charge in [0.05, 0.1) is 17.9 Å². The quantitative estimate of drug-likeness (QED) is 0.278. The molecule has 3 aromatic rings. The molecule has 0 aliphatic carbocycles. The molecule has 4 rings (SSSR count). The van der Waals surface area contributed by atoms with Crippen molar-refractivity contribution in [3.05, 3.63) is 76.6 Å². The van der Waals surface area contributed by atoms with Crippen molar-refractivity contribution < 1.29 is 28.2 Å². The van der Waals surface area contributed by atoms with E-state index in [1.165, 1.54) is 6.07 Å². The summed E-state index contributed by atoms with van der Waals surface area (Å²) in [6, 6.07) is 11.5. The molecule has 8 heteroatoms. The second-order valence-electron chi connectivity index (χ2n) is 12.9. The van der Waals surface area contributed by atoms with Gasteiger partial charge >= 0.3 is 5.97 Å². The third kappa shape index (κ3) is 7.46. The van der Waals surface area contributed by atoms with E-state index < -0.39 is 29.3 Å². The maximum atomic E-state index is 13.5. The zero-order chi connectivity index (χ0) is 30.8. The number of piperidine rings is 1. The summed E-state index contributed by atoms with van der Waals surface area (Å²) >= 11 is 0. The van der Waals surface area contributed by atoms with Crippen LogP contribution < -0.4 is 9.64 Å². The van der Waals surface area contributed by atoms with E-state index in [1.807, 2.05) is 58.9 Å². The Balaban J connectivity index is 1.70. The molecule has 0 radical (unpaired) electrons. The lowest BCUT2D eigenvalue weighted by molar-refractivity contribution is -0.160. The van der Waals surface area contributed by atoms with E-state index in [1.54, 1.807) is 6.07 Å². The van der Waals surface area contributed by atoms with Crippen LogP contribution in [0, 0.1) is 30.9 Å². The van der Waals surface area contributed by atoms with Crippen LogP contribution in [0.3, 0.4) is 0 Å². The standard InChI is InChI=1S/C34H42F2N2O4/c1-21-28(24-9-11-25(12-10-24)41-19-14-23-8-13-26(35)27(36)20-23)30(38-17-15-34(6,7)16-18-38)29(22(2)37-21)31(32(39)40)42-33(3,4)5/h8-13,20,31H,14-19H2,1-7H3,(H,39,40)/t31-/m0/s1. The predicted molar refractivity (Wildman–Crippen MR) is 161 cm³/mol. The summed E-state index contributed by atoms with van der Waals surface area (Å²) in [4.78, 5) is 19.8. The topological polar surface area (TPSA) is 71.9 Å². The number of hydrogen-bond acceptors (Lipinski definition) is 5. The predicted octanol–water partition coefficient (Wildman–Crippen LogP) is 7.83. The third-order valence-corrected chi connectivity index (χ3v) is 7.76. The number of aromatic nitrogens is 1. The summed E-state index contributed by atoms with van der Waals surface area (Å²) in [7, 11) is 0. The van der Waals surface area contributed by atoms with Crippen LogP contribution in [0.1, 0.15) is 76.1 Å². The molecule has 0 amide bonds. The molecule has 1 aliphatic rings. The number of hydrogen-bond donors (Lipinski definition) is 1. The van der Waals surface area contributed by atoms with Crippen molar-refractivity contribution in [2.24, 2.45) is 5.41 Å². The second-order valence-corrected chi connectivity index (χ2v) is 12.9. The Bertz CT molecular complexity index is 1420. The molecule has 2 heterocycles. The van der Waals surface area contributed by atoms with E-state index in [0.717, 1.165) is 54.5 Å². The molecule has 0 unspecified atom stereocenters. The molecule has 6 nitrogen and oxygen atoms in total. The number of halogens is 2. The van der Waals surface area contributed by atoms with Crippen molar-refractivity contribution in [3.63, 3.8) is 0 Å². The van der Waals surface area contributed by atoms with Gasteiger partial charge < -0.3 is 19.5 Å². The highest BCUT2D eigenvalue weighted by Gasteiger charge is 2.36. The fourth-order valence-electron chi connectivity index (χ4n) is 5.45. The monoisotopic (exact) mass is 580 g/mol. The van der Waals surface area contributed by atoms with Gasteiger partial charge in [-0.3, -0.25) is 4.98 Å². The first-order chi connectivity index (χ1) is 19.6. The highest BCUT2D eigenvalue weighted by atomic mass is 19.2. The van der Waals surface area contributed by atoms with Crippen LogP contribution in [0.2, 0.25) is 0 Å². The van der Waals surface area contributed by atoms with Gasteiger partial charge in [0, 0.05) is 42.0 Å². The number of rotatable bonds is 9. The Morgan fingerprint density at radius 1 is 1.02 bits per heavy atom. The number of carbonyl (C=O) groups is 1. The third-order valence-electron chi connectivity index (χ3n) is 7.76. The number of anilines is 1. The van der Waals surface area contributed by atoms with E-state index >= 15 is 0 Å². The lowest BCUT2D eigenvalue weighted by atomic mass is 9.82. The van der Waals surface area contributed by atoms with Gasteiger partial charge in [0.15, 0.2) is 17.7 Å². The number of benzene rings is 2. The first-order valence-corrected chi connectivity index (χ1v) is 14.5. The van der Waals surface area contributed by atoms with E-state index in [4.69, 9.17) is 14.5 Å². The summed E-state index contributed by atoms with van der Waals surface area (Å²) in [5.74, 6) is -2.15. The average molecular weight is 581 g/mol. The Hall–Kier alpha value is -3.52. The molecule has 0 bridgehead atoms. The number of carboxylic acids is 1. The largest absolute Gasteiger partial charge is 0.493 e. The van der Waals surface area contributed by atoms with Gasteiger partial charge in [-0.1, -0.05) is 32.0 Å². The molecule has 1 aromatic heterocycles. The number of ether oxygens (including phenoxy) is 2. The lowest BCUT2D eigenvalue weighted by Crippen LogP contribution is -2.39. The van der Waals surface area contributed by atoms with Crippen LogP contribution in [0.4, 0.5) is 14.5 Å². The normalized spacial score (nSPS) is 15.9. The molecule has 1 fully saturated rings. The van der Waals surface area contributed by atoms with Crippen LogP contribution >= 0.6 is 0 Å². The van der Waals surface area contributed by atoms with Crippen molar-refractivity contribution in [1.29, 1.82) is 0 Å². The molecule has 42 heavy (non-hydrogen) atoms. The molecular formula is C34H42F2N2O4. The molecule has 1 N–H and O–H groups in total. The number of aliphatic carboxylic acids is 1. The minimum atomic E-state index is -1.18. The molecule has 0 spiro atoms. The van der Waals surface area contributed by atoms with Crippen molar-refractivity contribution in [3.8, 4) is 16.9 Å². The summed E-state index contributed by atoms with van der Waals surface area (Å²) in [6.07, 6.45) is 1.22. The van der Waals surface area contributed by atoms with Gasteiger partial charge in [-0.05, 0) is 88.3 Å². The molecular weight excluding hydrogens is 538 g/mol. The Morgan fingerprint density at radius 2 is 1.67 bits per heavy atom. The van der Waals surface area contributed by atoms with Gasteiger partial charge in [-0.2, -0.15) is 0 Å². The summed E-state index contributed by atoms with van der Waals surface area (Å²) in [5.41, 5.74) is 4.86. The first-order valence-electron chi connectivity index (χ1n) is 14.5. The Labute approximate surface area is 247 Å². The second kappa shape index (κ2) is 12.4. The van der Waals surface area contributed by atoms with Crippen LogP contribution in [-0.2, 0) is 16.0 Å². The first kappa shape index (κ1) is 31.4. The summed E-state index contributed by atoms with van der Waals surface area (Å²) in [6.45, 7) is 15.8. The molecule has 1 aliphatic heterocycles. The van der Waals surface area contributed by atoms with Gasteiger partial charge in [0.1, 0.15) is 5.75 Å². The highest BCUT2D eigenvalue weighted by Crippen LogP contribution is 2.45. The average Bonchev–Trinajstić information content (AvgIpc) is 2.89. The smallest absolute Gasteiger partial charge is 0.337 e. The fourth-order valence-corrected chi connectivity index (χ4v) is 5.45. The zero-order valence-electron chi connectivity index (χ0n) is 25.7. The molecule has 1 atom stereocenters. The fraction of sp³-hybridized carbons (Fsp3) is 0.471. The van der Waals surface area contributed by atoms with Crippen molar-refractivity contribution in [2.75, 3.05) is 24.6 Å². The van der Waals surface area contributed by atoms with Crippen molar-refractivity contribution >= 4 is 11.7 Å². The van der Waals surface area contributed by atoms with Crippen LogP contribution in [0.5, 0.6) is 5.75 Å². The van der Waals surface area contributed by atoms with E-state index in [-0.39, 0.29) is 5.41 Å². The van der Waals surface area contributed by atoms with Crippen LogP contribution in [0.15, 0.2) is 42.5 Å². The summed E-state index contributed by atoms with van der Waals surface area (Å²) in [5, 5.41) is 10.4. The van der Waals surface area contributed by atoms with E-state index in [0.29, 0.717) is 35.6 Å². The Morgan fingerprint density at radius 3 is 2.24 bits per heavy atom. The van der Waals surface area contributed by atoms with Gasteiger partial charge in [-0.25, -0.2) is 13.6 Å². The van der Waals surface area contributed by atoms with Crippen LogP contribution in [0.25, 0.3) is 11.1 Å². The van der Waals surface area contributed by atoms with Gasteiger partial charge in [0.25, 0.3) is 0 Å². The lowest BCUT2D eigenvalue weighted by Gasteiger charge is -2.41. The molecule has 226 valence electrons. The molecule has 2 aromatic carbocycles. The summed E-state index contributed by atoms with van der Waals surface area (Å²) < 4.78 is 38.8.